The van der Waals surface area contributed by atoms with Crippen molar-refractivity contribution in [3.63, 3.8) is 0 Å². The number of carbonyl (C=O) groups is 1. The van der Waals surface area contributed by atoms with E-state index in [-0.39, 0.29) is 5.91 Å². The monoisotopic (exact) mass is 314 g/mol. The van der Waals surface area contributed by atoms with E-state index in [1.54, 1.807) is 13.3 Å². The SMILES string of the molecule is COc1ccc(CCC(=O)Nc2cn[nH]c2C2CCNC2)cc1. The third-order valence-electron chi connectivity index (χ3n) is 4.21. The molecule has 0 bridgehead atoms. The number of benzene rings is 1. The van der Waals surface area contributed by atoms with Crippen LogP contribution in [0.2, 0.25) is 0 Å². The van der Waals surface area contributed by atoms with E-state index in [0.717, 1.165) is 42.2 Å². The number of ether oxygens (including phenoxy) is 1. The lowest BCUT2D eigenvalue weighted by atomic mass is 10.0. The summed E-state index contributed by atoms with van der Waals surface area (Å²) < 4.78 is 5.13. The van der Waals surface area contributed by atoms with E-state index in [1.165, 1.54) is 0 Å². The van der Waals surface area contributed by atoms with Gasteiger partial charge in [0, 0.05) is 18.9 Å². The van der Waals surface area contributed by atoms with Gasteiger partial charge in [0.2, 0.25) is 5.91 Å². The van der Waals surface area contributed by atoms with E-state index in [9.17, 15) is 4.79 Å². The van der Waals surface area contributed by atoms with Crippen LogP contribution in [0.3, 0.4) is 0 Å². The van der Waals surface area contributed by atoms with Gasteiger partial charge in [-0.3, -0.25) is 9.89 Å². The maximum Gasteiger partial charge on any atom is 0.224 e. The summed E-state index contributed by atoms with van der Waals surface area (Å²) in [6, 6.07) is 7.79. The Hall–Kier alpha value is -2.34. The fraction of sp³-hybridized carbons (Fsp3) is 0.412. The largest absolute Gasteiger partial charge is 0.497 e. The fourth-order valence-electron chi connectivity index (χ4n) is 2.87. The molecule has 6 nitrogen and oxygen atoms in total. The van der Waals surface area contributed by atoms with E-state index in [0.29, 0.717) is 18.8 Å². The van der Waals surface area contributed by atoms with Gasteiger partial charge in [0.05, 0.1) is 24.7 Å². The quantitative estimate of drug-likeness (QED) is 0.762. The van der Waals surface area contributed by atoms with Gasteiger partial charge >= 0.3 is 0 Å². The van der Waals surface area contributed by atoms with Gasteiger partial charge in [0.1, 0.15) is 5.75 Å². The molecule has 1 aliphatic heterocycles. The molecule has 3 N–H and O–H groups in total. The van der Waals surface area contributed by atoms with Crippen molar-refractivity contribution in [1.82, 2.24) is 15.5 Å². The van der Waals surface area contributed by atoms with Crippen LogP contribution >= 0.6 is 0 Å². The minimum Gasteiger partial charge on any atom is -0.497 e. The van der Waals surface area contributed by atoms with Crippen molar-refractivity contribution in [1.29, 1.82) is 0 Å². The van der Waals surface area contributed by atoms with Crippen molar-refractivity contribution in [2.24, 2.45) is 0 Å². The van der Waals surface area contributed by atoms with E-state index < -0.39 is 0 Å². The zero-order chi connectivity index (χ0) is 16.1. The number of aromatic amines is 1. The number of methoxy groups -OCH3 is 1. The molecule has 6 heteroatoms. The Balaban J connectivity index is 1.54. The normalized spacial score (nSPS) is 17.2. The van der Waals surface area contributed by atoms with Crippen molar-refractivity contribution < 1.29 is 9.53 Å². The molecule has 1 fully saturated rings. The second kappa shape index (κ2) is 7.28. The zero-order valence-electron chi connectivity index (χ0n) is 13.3. The summed E-state index contributed by atoms with van der Waals surface area (Å²) >= 11 is 0. The summed E-state index contributed by atoms with van der Waals surface area (Å²) in [4.78, 5) is 12.2. The highest BCUT2D eigenvalue weighted by Gasteiger charge is 2.22. The van der Waals surface area contributed by atoms with Crippen LogP contribution in [0.1, 0.15) is 30.0 Å². The summed E-state index contributed by atoms with van der Waals surface area (Å²) in [5.41, 5.74) is 2.94. The molecule has 1 atom stereocenters. The van der Waals surface area contributed by atoms with Gasteiger partial charge in [-0.1, -0.05) is 12.1 Å². The minimum atomic E-state index is 0.00873. The molecule has 0 radical (unpaired) electrons. The standard InChI is InChI=1S/C17H22N4O2/c1-23-14-5-2-12(3-6-14)4-7-16(22)20-15-11-19-21-17(15)13-8-9-18-10-13/h2-3,5-6,11,13,18H,4,7-10H2,1H3,(H,19,21)(H,20,22). The van der Waals surface area contributed by atoms with Crippen LogP contribution in [-0.4, -0.2) is 36.3 Å². The Labute approximate surface area is 135 Å². The molecule has 0 aliphatic carbocycles. The first-order valence-electron chi connectivity index (χ1n) is 7.93. The maximum absolute atomic E-state index is 12.2. The third kappa shape index (κ3) is 3.90. The Morgan fingerprint density at radius 1 is 1.39 bits per heavy atom. The van der Waals surface area contributed by atoms with Crippen LogP contribution in [0.25, 0.3) is 0 Å². The molecule has 1 amide bonds. The minimum absolute atomic E-state index is 0.00873. The van der Waals surface area contributed by atoms with E-state index in [1.807, 2.05) is 24.3 Å². The van der Waals surface area contributed by atoms with Crippen LogP contribution in [0.15, 0.2) is 30.5 Å². The molecular weight excluding hydrogens is 292 g/mol. The van der Waals surface area contributed by atoms with Gasteiger partial charge < -0.3 is 15.4 Å². The summed E-state index contributed by atoms with van der Waals surface area (Å²) in [7, 11) is 1.64. The predicted octanol–water partition coefficient (Wildman–Crippen LogP) is 2.07. The molecule has 1 saturated heterocycles. The number of nitrogens with one attached hydrogen (secondary N) is 3. The molecule has 1 aromatic heterocycles. The highest BCUT2D eigenvalue weighted by Crippen LogP contribution is 2.26. The smallest absolute Gasteiger partial charge is 0.224 e. The highest BCUT2D eigenvalue weighted by molar-refractivity contribution is 5.91. The number of H-pyrrole nitrogens is 1. The van der Waals surface area contributed by atoms with Gasteiger partial charge in [-0.2, -0.15) is 5.10 Å². The predicted molar refractivity (Wildman–Crippen MR) is 88.8 cm³/mol. The van der Waals surface area contributed by atoms with Crippen molar-refractivity contribution in [2.45, 2.75) is 25.2 Å². The topological polar surface area (TPSA) is 79.0 Å². The first-order chi connectivity index (χ1) is 11.3. The second-order valence-corrected chi connectivity index (χ2v) is 5.78. The first-order valence-corrected chi connectivity index (χ1v) is 7.93. The zero-order valence-corrected chi connectivity index (χ0v) is 13.3. The molecule has 1 unspecified atom stereocenters. The molecule has 122 valence electrons. The van der Waals surface area contributed by atoms with Crippen molar-refractivity contribution >= 4 is 11.6 Å². The number of rotatable bonds is 6. The van der Waals surface area contributed by atoms with Crippen molar-refractivity contribution in [2.75, 3.05) is 25.5 Å². The second-order valence-electron chi connectivity index (χ2n) is 5.78. The van der Waals surface area contributed by atoms with E-state index in [2.05, 4.69) is 20.8 Å². The van der Waals surface area contributed by atoms with Crippen LogP contribution in [0.5, 0.6) is 5.75 Å². The van der Waals surface area contributed by atoms with Gasteiger partial charge in [-0.05, 0) is 37.1 Å². The molecule has 0 spiro atoms. The van der Waals surface area contributed by atoms with Crippen molar-refractivity contribution in [3.8, 4) is 5.75 Å². The highest BCUT2D eigenvalue weighted by atomic mass is 16.5. The van der Waals surface area contributed by atoms with Crippen LogP contribution < -0.4 is 15.4 Å². The summed E-state index contributed by atoms with van der Waals surface area (Å²) in [6.07, 6.45) is 3.91. The lowest BCUT2D eigenvalue weighted by molar-refractivity contribution is -0.116. The molecule has 1 aliphatic rings. The molecule has 0 saturated carbocycles. The number of hydrogen-bond acceptors (Lipinski definition) is 4. The number of aryl methyl sites for hydroxylation is 1. The number of hydrogen-bond donors (Lipinski definition) is 3. The van der Waals surface area contributed by atoms with Gasteiger partial charge in [0.25, 0.3) is 0 Å². The number of aromatic nitrogens is 2. The summed E-state index contributed by atoms with van der Waals surface area (Å²) in [5, 5.41) is 13.4. The Kier molecular flexibility index (Phi) is 4.92. The molecule has 1 aromatic carbocycles. The number of amides is 1. The summed E-state index contributed by atoms with van der Waals surface area (Å²) in [5.74, 6) is 1.23. The Bertz CT molecular complexity index is 645. The van der Waals surface area contributed by atoms with E-state index in [4.69, 9.17) is 4.74 Å². The van der Waals surface area contributed by atoms with Gasteiger partial charge in [-0.15, -0.1) is 0 Å². The molecule has 2 heterocycles. The summed E-state index contributed by atoms with van der Waals surface area (Å²) in [6.45, 7) is 1.94. The Morgan fingerprint density at radius 2 is 2.22 bits per heavy atom. The Morgan fingerprint density at radius 3 is 2.91 bits per heavy atom. The number of carbonyl (C=O) groups excluding carboxylic acids is 1. The maximum atomic E-state index is 12.2. The molecule has 2 aromatic rings. The van der Waals surface area contributed by atoms with Crippen LogP contribution in [0, 0.1) is 0 Å². The molecule has 3 rings (SSSR count). The average molecular weight is 314 g/mol. The van der Waals surface area contributed by atoms with E-state index >= 15 is 0 Å². The molecule has 23 heavy (non-hydrogen) atoms. The van der Waals surface area contributed by atoms with Crippen LogP contribution in [0.4, 0.5) is 5.69 Å². The van der Waals surface area contributed by atoms with Crippen LogP contribution in [-0.2, 0) is 11.2 Å². The fourth-order valence-corrected chi connectivity index (χ4v) is 2.87. The molecular formula is C17H22N4O2. The number of nitrogens with zero attached hydrogens (tertiary/aromatic N) is 1. The third-order valence-corrected chi connectivity index (χ3v) is 4.21. The lowest BCUT2D eigenvalue weighted by Gasteiger charge is -2.10. The average Bonchev–Trinajstić information content (AvgIpc) is 3.24. The first kappa shape index (κ1) is 15.6. The van der Waals surface area contributed by atoms with Gasteiger partial charge in [-0.25, -0.2) is 0 Å². The number of anilines is 1. The van der Waals surface area contributed by atoms with Crippen molar-refractivity contribution in [3.05, 3.63) is 41.7 Å². The lowest BCUT2D eigenvalue weighted by Crippen LogP contribution is -2.15. The van der Waals surface area contributed by atoms with Gasteiger partial charge in [0.15, 0.2) is 0 Å².